The van der Waals surface area contributed by atoms with Gasteiger partial charge in [-0.05, 0) is 71.1 Å². The molecule has 0 N–H and O–H groups in total. The highest BCUT2D eigenvalue weighted by Gasteiger charge is 2.17. The molecule has 24 heavy (non-hydrogen) atoms. The quantitative estimate of drug-likeness (QED) is 0.376. The summed E-state index contributed by atoms with van der Waals surface area (Å²) in [6.45, 7) is 6.68. The van der Waals surface area contributed by atoms with E-state index >= 15 is 0 Å². The minimum Gasteiger partial charge on any atom is -0.493 e. The van der Waals surface area contributed by atoms with Crippen molar-refractivity contribution in [2.45, 2.75) is 33.1 Å². The summed E-state index contributed by atoms with van der Waals surface area (Å²) in [4.78, 5) is 12.5. The first-order valence-corrected chi connectivity index (χ1v) is 9.48. The van der Waals surface area contributed by atoms with Gasteiger partial charge in [0.05, 0.1) is 11.1 Å². The highest BCUT2D eigenvalue weighted by Crippen LogP contribution is 2.32. The van der Waals surface area contributed by atoms with E-state index in [2.05, 4.69) is 45.7 Å². The Kier molecular flexibility index (Phi) is 6.87. The van der Waals surface area contributed by atoms with Crippen LogP contribution in [0.2, 0.25) is 0 Å². The number of halogens is 2. The van der Waals surface area contributed by atoms with Crippen molar-refractivity contribution in [3.05, 3.63) is 56.5 Å². The van der Waals surface area contributed by atoms with Gasteiger partial charge in [-0.15, -0.1) is 0 Å². The van der Waals surface area contributed by atoms with E-state index in [0.717, 1.165) is 15.4 Å². The molecule has 0 heterocycles. The van der Waals surface area contributed by atoms with Crippen LogP contribution in [0.1, 0.15) is 49.0 Å². The lowest BCUT2D eigenvalue weighted by Crippen LogP contribution is -2.11. The zero-order valence-corrected chi connectivity index (χ0v) is 17.1. The summed E-state index contributed by atoms with van der Waals surface area (Å²) in [7, 11) is 0. The fourth-order valence-electron chi connectivity index (χ4n) is 2.24. The highest BCUT2D eigenvalue weighted by molar-refractivity contribution is 9.10. The molecule has 0 radical (unpaired) electrons. The Morgan fingerprint density at radius 3 is 2.42 bits per heavy atom. The summed E-state index contributed by atoms with van der Waals surface area (Å²) < 4.78 is 12.6. The molecule has 0 bridgehead atoms. The second kappa shape index (κ2) is 8.67. The van der Waals surface area contributed by atoms with E-state index in [0.29, 0.717) is 29.6 Å². The van der Waals surface area contributed by atoms with Gasteiger partial charge in [0.1, 0.15) is 17.1 Å². The Labute approximate surface area is 159 Å². The third-order valence-corrected chi connectivity index (χ3v) is 4.91. The van der Waals surface area contributed by atoms with E-state index in [1.807, 2.05) is 31.2 Å². The van der Waals surface area contributed by atoms with Gasteiger partial charge in [-0.25, -0.2) is 4.79 Å². The number of carbonyl (C=O) groups is 1. The van der Waals surface area contributed by atoms with Gasteiger partial charge >= 0.3 is 5.97 Å². The molecule has 1 atom stereocenters. The first kappa shape index (κ1) is 19.0. The molecule has 128 valence electrons. The Morgan fingerprint density at radius 2 is 1.79 bits per heavy atom. The number of ether oxygens (including phenoxy) is 2. The second-order valence-electron chi connectivity index (χ2n) is 5.46. The van der Waals surface area contributed by atoms with Crippen LogP contribution in [-0.4, -0.2) is 12.6 Å². The van der Waals surface area contributed by atoms with Crippen molar-refractivity contribution in [1.29, 1.82) is 0 Å². The largest absolute Gasteiger partial charge is 0.493 e. The van der Waals surface area contributed by atoms with Crippen LogP contribution in [0, 0.1) is 0 Å². The van der Waals surface area contributed by atoms with Gasteiger partial charge in [0, 0.05) is 4.47 Å². The molecule has 0 spiro atoms. The zero-order chi connectivity index (χ0) is 17.7. The highest BCUT2D eigenvalue weighted by atomic mass is 79.9. The number of hydrogen-bond acceptors (Lipinski definition) is 3. The van der Waals surface area contributed by atoms with Crippen LogP contribution in [0.15, 0.2) is 45.3 Å². The SMILES string of the molecule is CCOc1ccc(Br)cc1C(=O)Oc1ccc(C(C)CC)cc1Br. The van der Waals surface area contributed by atoms with E-state index < -0.39 is 5.97 Å². The lowest BCUT2D eigenvalue weighted by atomic mass is 9.99. The first-order valence-electron chi connectivity index (χ1n) is 7.90. The Hall–Kier alpha value is -1.33. The number of carbonyl (C=O) groups excluding carboxylic acids is 1. The molecule has 0 aromatic heterocycles. The topological polar surface area (TPSA) is 35.5 Å². The summed E-state index contributed by atoms with van der Waals surface area (Å²) in [6, 6.07) is 11.1. The minimum atomic E-state index is -0.447. The number of benzene rings is 2. The van der Waals surface area contributed by atoms with Crippen molar-refractivity contribution in [2.24, 2.45) is 0 Å². The predicted molar refractivity (Wildman–Crippen MR) is 103 cm³/mol. The van der Waals surface area contributed by atoms with Crippen molar-refractivity contribution >= 4 is 37.8 Å². The van der Waals surface area contributed by atoms with Crippen LogP contribution in [0.3, 0.4) is 0 Å². The average Bonchev–Trinajstić information content (AvgIpc) is 2.57. The molecular formula is C19H20Br2O3. The third kappa shape index (κ3) is 4.61. The maximum absolute atomic E-state index is 12.5. The molecule has 1 unspecified atom stereocenters. The van der Waals surface area contributed by atoms with Crippen LogP contribution in [0.4, 0.5) is 0 Å². The van der Waals surface area contributed by atoms with Gasteiger partial charge in [0.2, 0.25) is 0 Å². The average molecular weight is 456 g/mol. The van der Waals surface area contributed by atoms with E-state index in [4.69, 9.17) is 9.47 Å². The molecule has 0 fully saturated rings. The molecular weight excluding hydrogens is 436 g/mol. The van der Waals surface area contributed by atoms with Gasteiger partial charge in [0.15, 0.2) is 0 Å². The summed E-state index contributed by atoms with van der Waals surface area (Å²) in [5, 5.41) is 0. The van der Waals surface area contributed by atoms with E-state index in [-0.39, 0.29) is 0 Å². The summed E-state index contributed by atoms with van der Waals surface area (Å²) in [5.74, 6) is 1.02. The summed E-state index contributed by atoms with van der Waals surface area (Å²) in [5.41, 5.74) is 1.60. The van der Waals surface area contributed by atoms with E-state index in [1.165, 1.54) is 5.56 Å². The monoisotopic (exact) mass is 454 g/mol. The van der Waals surface area contributed by atoms with Crippen molar-refractivity contribution in [3.8, 4) is 11.5 Å². The number of esters is 1. The van der Waals surface area contributed by atoms with Gasteiger partial charge in [-0.2, -0.15) is 0 Å². The molecule has 5 heteroatoms. The number of rotatable bonds is 6. The molecule has 0 saturated carbocycles. The van der Waals surface area contributed by atoms with Crippen LogP contribution in [0.5, 0.6) is 11.5 Å². The molecule has 0 saturated heterocycles. The molecule has 2 aromatic rings. The van der Waals surface area contributed by atoms with Crippen LogP contribution in [-0.2, 0) is 0 Å². The maximum atomic E-state index is 12.5. The molecule has 2 rings (SSSR count). The van der Waals surface area contributed by atoms with Crippen molar-refractivity contribution in [2.75, 3.05) is 6.61 Å². The normalized spacial score (nSPS) is 11.9. The summed E-state index contributed by atoms with van der Waals surface area (Å²) in [6.07, 6.45) is 1.06. The van der Waals surface area contributed by atoms with Gasteiger partial charge in [0.25, 0.3) is 0 Å². The second-order valence-corrected chi connectivity index (χ2v) is 7.23. The first-order chi connectivity index (χ1) is 11.5. The third-order valence-electron chi connectivity index (χ3n) is 3.80. The summed E-state index contributed by atoms with van der Waals surface area (Å²) >= 11 is 6.87. The van der Waals surface area contributed by atoms with Crippen molar-refractivity contribution in [1.82, 2.24) is 0 Å². The van der Waals surface area contributed by atoms with Crippen LogP contribution < -0.4 is 9.47 Å². The lowest BCUT2D eigenvalue weighted by Gasteiger charge is -2.13. The maximum Gasteiger partial charge on any atom is 0.347 e. The van der Waals surface area contributed by atoms with Gasteiger partial charge in [-0.1, -0.05) is 35.8 Å². The van der Waals surface area contributed by atoms with Crippen LogP contribution >= 0.6 is 31.9 Å². The Morgan fingerprint density at radius 1 is 1.08 bits per heavy atom. The predicted octanol–water partition coefficient (Wildman–Crippen LogP) is 6.34. The van der Waals surface area contributed by atoms with Gasteiger partial charge in [-0.3, -0.25) is 0 Å². The zero-order valence-electron chi connectivity index (χ0n) is 13.9. The van der Waals surface area contributed by atoms with Crippen molar-refractivity contribution in [3.63, 3.8) is 0 Å². The lowest BCUT2D eigenvalue weighted by molar-refractivity contribution is 0.0729. The molecule has 3 nitrogen and oxygen atoms in total. The molecule has 0 aliphatic carbocycles. The Balaban J connectivity index is 2.25. The van der Waals surface area contributed by atoms with Gasteiger partial charge < -0.3 is 9.47 Å². The van der Waals surface area contributed by atoms with Crippen molar-refractivity contribution < 1.29 is 14.3 Å². The molecule has 0 aliphatic heterocycles. The van der Waals surface area contributed by atoms with E-state index in [9.17, 15) is 4.79 Å². The molecule has 0 amide bonds. The standard InChI is InChI=1S/C19H20Br2O3/c1-4-12(3)13-6-8-18(16(21)10-13)24-19(22)15-11-14(20)7-9-17(15)23-5-2/h6-12H,4-5H2,1-3H3. The fraction of sp³-hybridized carbons (Fsp3) is 0.316. The number of hydrogen-bond donors (Lipinski definition) is 0. The minimum absolute atomic E-state index is 0.393. The smallest absolute Gasteiger partial charge is 0.347 e. The molecule has 2 aromatic carbocycles. The fourth-order valence-corrected chi connectivity index (χ4v) is 3.08. The molecule has 0 aliphatic rings. The van der Waals surface area contributed by atoms with Crippen LogP contribution in [0.25, 0.3) is 0 Å². The van der Waals surface area contributed by atoms with E-state index in [1.54, 1.807) is 12.1 Å². The Bertz CT molecular complexity index is 729.